The van der Waals surface area contributed by atoms with Crippen LogP contribution in [0.2, 0.25) is 0 Å². The maximum absolute atomic E-state index is 12.4. The molecule has 0 unspecified atom stereocenters. The van der Waals surface area contributed by atoms with E-state index in [1.165, 1.54) is 0 Å². The molecule has 0 radical (unpaired) electrons. The number of nitriles is 1. The number of piperazine rings is 1. The number of carbonyl (C=O) groups is 1. The van der Waals surface area contributed by atoms with Gasteiger partial charge in [-0.3, -0.25) is 9.69 Å². The third-order valence-electron chi connectivity index (χ3n) is 3.86. The van der Waals surface area contributed by atoms with E-state index in [1.54, 1.807) is 24.3 Å². The first-order chi connectivity index (χ1) is 10.1. The van der Waals surface area contributed by atoms with Gasteiger partial charge in [-0.15, -0.1) is 0 Å². The Kier molecular flexibility index (Phi) is 5.32. The molecule has 21 heavy (non-hydrogen) atoms. The van der Waals surface area contributed by atoms with Crippen LogP contribution in [0.3, 0.4) is 0 Å². The zero-order valence-corrected chi connectivity index (χ0v) is 12.3. The van der Waals surface area contributed by atoms with Crippen LogP contribution in [0.1, 0.15) is 29.3 Å². The molecule has 0 aliphatic carbocycles. The van der Waals surface area contributed by atoms with Gasteiger partial charge >= 0.3 is 0 Å². The van der Waals surface area contributed by atoms with Crippen molar-refractivity contribution in [3.63, 3.8) is 0 Å². The zero-order valence-electron chi connectivity index (χ0n) is 12.3. The molecule has 0 bridgehead atoms. The summed E-state index contributed by atoms with van der Waals surface area (Å²) in [6, 6.07) is 8.79. The molecule has 1 N–H and O–H groups in total. The number of carbonyl (C=O) groups excluding carboxylic acids is 1. The Hall–Kier alpha value is -1.90. The van der Waals surface area contributed by atoms with Crippen LogP contribution >= 0.6 is 0 Å². The summed E-state index contributed by atoms with van der Waals surface area (Å²) in [7, 11) is 0. The van der Waals surface area contributed by atoms with Gasteiger partial charge in [0.1, 0.15) is 0 Å². The first-order valence-electron chi connectivity index (χ1n) is 7.34. The van der Waals surface area contributed by atoms with Crippen LogP contribution in [-0.2, 0) is 0 Å². The van der Waals surface area contributed by atoms with Crippen molar-refractivity contribution in [2.45, 2.75) is 19.4 Å². The molecule has 1 atom stereocenters. The highest BCUT2D eigenvalue weighted by Crippen LogP contribution is 2.10. The standard InChI is InChI=1S/C16H21N3O2/c1-2-15(20)12-18-7-9-19(10-8-18)16(21)14-5-3-13(11-17)4-6-14/h3-6,15,20H,2,7-10,12H2,1H3/t15-/m0/s1. The minimum Gasteiger partial charge on any atom is -0.392 e. The summed E-state index contributed by atoms with van der Waals surface area (Å²) in [6.07, 6.45) is 0.468. The Morgan fingerprint density at radius 2 is 1.90 bits per heavy atom. The predicted octanol–water partition coefficient (Wildman–Crippen LogP) is 1.09. The van der Waals surface area contributed by atoms with Gasteiger partial charge in [0, 0.05) is 38.3 Å². The number of amides is 1. The van der Waals surface area contributed by atoms with E-state index in [4.69, 9.17) is 5.26 Å². The molecule has 1 aliphatic heterocycles. The summed E-state index contributed by atoms with van der Waals surface area (Å²) in [5.41, 5.74) is 1.18. The SMILES string of the molecule is CC[C@H](O)CN1CCN(C(=O)c2ccc(C#N)cc2)CC1. The Balaban J connectivity index is 1.89. The van der Waals surface area contributed by atoms with Crippen molar-refractivity contribution in [2.24, 2.45) is 0 Å². The molecule has 0 spiro atoms. The Morgan fingerprint density at radius 3 is 2.43 bits per heavy atom. The second-order valence-electron chi connectivity index (χ2n) is 5.34. The summed E-state index contributed by atoms with van der Waals surface area (Å²) in [4.78, 5) is 16.4. The predicted molar refractivity (Wildman–Crippen MR) is 79.8 cm³/mol. The largest absolute Gasteiger partial charge is 0.392 e. The van der Waals surface area contributed by atoms with E-state index in [2.05, 4.69) is 4.90 Å². The molecule has 1 aromatic rings. The van der Waals surface area contributed by atoms with Crippen LogP contribution in [0.4, 0.5) is 0 Å². The number of nitrogens with zero attached hydrogens (tertiary/aromatic N) is 3. The van der Waals surface area contributed by atoms with E-state index in [9.17, 15) is 9.90 Å². The van der Waals surface area contributed by atoms with E-state index < -0.39 is 0 Å². The maximum Gasteiger partial charge on any atom is 0.253 e. The highest BCUT2D eigenvalue weighted by Gasteiger charge is 2.22. The summed E-state index contributed by atoms with van der Waals surface area (Å²) < 4.78 is 0. The van der Waals surface area contributed by atoms with Gasteiger partial charge in [-0.05, 0) is 30.7 Å². The molecule has 1 amide bonds. The third-order valence-corrected chi connectivity index (χ3v) is 3.86. The highest BCUT2D eigenvalue weighted by atomic mass is 16.3. The Bertz CT molecular complexity index is 513. The van der Waals surface area contributed by atoms with Gasteiger partial charge in [0.05, 0.1) is 17.7 Å². The van der Waals surface area contributed by atoms with Crippen molar-refractivity contribution in [1.29, 1.82) is 5.26 Å². The molecule has 5 nitrogen and oxygen atoms in total. The van der Waals surface area contributed by atoms with Crippen LogP contribution < -0.4 is 0 Å². The fraction of sp³-hybridized carbons (Fsp3) is 0.500. The van der Waals surface area contributed by atoms with Crippen molar-refractivity contribution in [2.75, 3.05) is 32.7 Å². The minimum atomic E-state index is -0.286. The molecule has 1 heterocycles. The van der Waals surface area contributed by atoms with Crippen molar-refractivity contribution in [3.05, 3.63) is 35.4 Å². The lowest BCUT2D eigenvalue weighted by molar-refractivity contribution is 0.0524. The second kappa shape index (κ2) is 7.21. The fourth-order valence-corrected chi connectivity index (χ4v) is 2.43. The van der Waals surface area contributed by atoms with Crippen LogP contribution in [0.25, 0.3) is 0 Å². The molecule has 112 valence electrons. The number of aliphatic hydroxyl groups excluding tert-OH is 1. The third kappa shape index (κ3) is 4.03. The Morgan fingerprint density at radius 1 is 1.29 bits per heavy atom. The lowest BCUT2D eigenvalue weighted by atomic mass is 10.1. The molecule has 2 rings (SSSR count). The monoisotopic (exact) mass is 287 g/mol. The van der Waals surface area contributed by atoms with Crippen LogP contribution in [0.15, 0.2) is 24.3 Å². The van der Waals surface area contributed by atoms with Crippen molar-refractivity contribution >= 4 is 5.91 Å². The van der Waals surface area contributed by atoms with Crippen LogP contribution in [0.5, 0.6) is 0 Å². The van der Waals surface area contributed by atoms with E-state index >= 15 is 0 Å². The summed E-state index contributed by atoms with van der Waals surface area (Å²) in [5, 5.41) is 18.4. The normalized spacial score (nSPS) is 17.3. The van der Waals surface area contributed by atoms with Gasteiger partial charge < -0.3 is 10.0 Å². The molecule has 5 heteroatoms. The average molecular weight is 287 g/mol. The lowest BCUT2D eigenvalue weighted by Gasteiger charge is -2.35. The van der Waals surface area contributed by atoms with Gasteiger partial charge in [0.15, 0.2) is 0 Å². The average Bonchev–Trinajstić information content (AvgIpc) is 2.55. The zero-order chi connectivity index (χ0) is 15.2. The van der Waals surface area contributed by atoms with Crippen molar-refractivity contribution in [3.8, 4) is 6.07 Å². The molecule has 0 aromatic heterocycles. The lowest BCUT2D eigenvalue weighted by Crippen LogP contribution is -2.50. The maximum atomic E-state index is 12.4. The quantitative estimate of drug-likeness (QED) is 0.900. The smallest absolute Gasteiger partial charge is 0.253 e. The van der Waals surface area contributed by atoms with Gasteiger partial charge in [0.25, 0.3) is 5.91 Å². The van der Waals surface area contributed by atoms with Crippen molar-refractivity contribution < 1.29 is 9.90 Å². The van der Waals surface area contributed by atoms with Gasteiger partial charge in [-0.25, -0.2) is 0 Å². The summed E-state index contributed by atoms with van der Waals surface area (Å²) in [5.74, 6) is 0.00943. The number of aliphatic hydroxyl groups is 1. The van der Waals surface area contributed by atoms with Crippen LogP contribution in [0, 0.1) is 11.3 Å². The van der Waals surface area contributed by atoms with Crippen LogP contribution in [-0.4, -0.2) is 59.6 Å². The number of benzene rings is 1. The van der Waals surface area contributed by atoms with E-state index in [0.29, 0.717) is 30.8 Å². The molecule has 1 aliphatic rings. The molecule has 1 aromatic carbocycles. The molecule has 0 saturated carbocycles. The first kappa shape index (κ1) is 15.5. The fourth-order valence-electron chi connectivity index (χ4n) is 2.43. The van der Waals surface area contributed by atoms with Gasteiger partial charge in [-0.2, -0.15) is 5.26 Å². The Labute approximate surface area is 125 Å². The second-order valence-corrected chi connectivity index (χ2v) is 5.34. The number of rotatable bonds is 4. The van der Waals surface area contributed by atoms with E-state index in [1.807, 2.05) is 17.9 Å². The van der Waals surface area contributed by atoms with E-state index in [-0.39, 0.29) is 12.0 Å². The minimum absolute atomic E-state index is 0.00943. The summed E-state index contributed by atoms with van der Waals surface area (Å²) >= 11 is 0. The number of hydrogen-bond acceptors (Lipinski definition) is 4. The first-order valence-corrected chi connectivity index (χ1v) is 7.34. The van der Waals surface area contributed by atoms with E-state index in [0.717, 1.165) is 19.5 Å². The summed E-state index contributed by atoms with van der Waals surface area (Å²) in [6.45, 7) is 5.58. The molecule has 1 fully saturated rings. The van der Waals surface area contributed by atoms with Gasteiger partial charge in [-0.1, -0.05) is 6.92 Å². The van der Waals surface area contributed by atoms with Gasteiger partial charge in [0.2, 0.25) is 0 Å². The topological polar surface area (TPSA) is 67.6 Å². The van der Waals surface area contributed by atoms with Crippen molar-refractivity contribution in [1.82, 2.24) is 9.80 Å². The molecular weight excluding hydrogens is 266 g/mol. The number of β-amino-alcohol motifs (C(OH)–C–C–N with tert-alkyl or cyclic N) is 1. The molecule has 1 saturated heterocycles. The number of hydrogen-bond donors (Lipinski definition) is 1. The highest BCUT2D eigenvalue weighted by molar-refractivity contribution is 5.94. The molecular formula is C16H21N3O2.